The largest absolute Gasteiger partial charge is 0.501 e. The molecule has 0 radical (unpaired) electrons. The van der Waals surface area contributed by atoms with Gasteiger partial charge in [-0.15, -0.1) is 0 Å². The molecule has 1 aliphatic carbocycles. The zero-order valence-corrected chi connectivity index (χ0v) is 18.1. The standard InChI is InChI=1S/C22H25N3O4S/c1-23-22(27)20(30-14-26)11-15-7-9-16(10-8-15)29-13-21-24-18-6-4-5-17(28-3)12-19(18)25(21)2/h4,6-10,12,14,20H,5,11,13H2,1-3H3,(H,23,27). The number of carbonyl (C=O) groups excluding carboxylic acids is 2. The van der Waals surface area contributed by atoms with Crippen LogP contribution in [0.2, 0.25) is 0 Å². The first-order chi connectivity index (χ1) is 14.5. The molecule has 0 fully saturated rings. The van der Waals surface area contributed by atoms with Crippen molar-refractivity contribution in [2.45, 2.75) is 24.7 Å². The van der Waals surface area contributed by atoms with Gasteiger partial charge in [0.25, 0.3) is 0 Å². The van der Waals surface area contributed by atoms with E-state index in [1.165, 1.54) is 0 Å². The van der Waals surface area contributed by atoms with E-state index in [0.717, 1.165) is 46.7 Å². The van der Waals surface area contributed by atoms with Gasteiger partial charge in [-0.3, -0.25) is 9.59 Å². The molecular formula is C22H25N3O4S. The van der Waals surface area contributed by atoms with Crippen molar-refractivity contribution in [3.05, 3.63) is 58.9 Å². The zero-order valence-electron chi connectivity index (χ0n) is 17.3. The van der Waals surface area contributed by atoms with Gasteiger partial charge < -0.3 is 19.4 Å². The van der Waals surface area contributed by atoms with Gasteiger partial charge in [0.1, 0.15) is 23.9 Å². The third-order valence-corrected chi connectivity index (χ3v) is 5.71. The maximum absolute atomic E-state index is 11.9. The Kier molecular flexibility index (Phi) is 7.35. The molecule has 1 N–H and O–H groups in total. The highest BCUT2D eigenvalue weighted by Crippen LogP contribution is 2.23. The number of ether oxygens (including phenoxy) is 2. The molecule has 7 nitrogen and oxygen atoms in total. The Morgan fingerprint density at radius 1 is 1.37 bits per heavy atom. The van der Waals surface area contributed by atoms with Crippen molar-refractivity contribution in [3.63, 3.8) is 0 Å². The van der Waals surface area contributed by atoms with Crippen LogP contribution in [0.15, 0.2) is 36.1 Å². The normalized spacial score (nSPS) is 13.6. The van der Waals surface area contributed by atoms with Crippen LogP contribution in [0.3, 0.4) is 0 Å². The van der Waals surface area contributed by atoms with E-state index >= 15 is 0 Å². The highest BCUT2D eigenvalue weighted by Gasteiger charge is 2.18. The van der Waals surface area contributed by atoms with Crippen LogP contribution in [0.1, 0.15) is 29.2 Å². The summed E-state index contributed by atoms with van der Waals surface area (Å²) in [7, 11) is 5.19. The summed E-state index contributed by atoms with van der Waals surface area (Å²) in [6.45, 7) is 0.328. The Morgan fingerprint density at radius 2 is 2.13 bits per heavy atom. The Morgan fingerprint density at radius 3 is 2.80 bits per heavy atom. The van der Waals surface area contributed by atoms with E-state index in [1.807, 2.05) is 54.1 Å². The van der Waals surface area contributed by atoms with Crippen molar-refractivity contribution in [2.75, 3.05) is 14.2 Å². The number of fused-ring (bicyclic) bond motifs is 1. The maximum Gasteiger partial charge on any atom is 0.233 e. The molecule has 1 aromatic heterocycles. The highest BCUT2D eigenvalue weighted by molar-refractivity contribution is 8.13. The summed E-state index contributed by atoms with van der Waals surface area (Å²) in [6.07, 6.45) is 7.25. The minimum Gasteiger partial charge on any atom is -0.501 e. The molecule has 1 unspecified atom stereocenters. The summed E-state index contributed by atoms with van der Waals surface area (Å²) in [6, 6.07) is 7.53. The number of methoxy groups -OCH3 is 1. The number of amides is 1. The molecule has 1 amide bonds. The Labute approximate surface area is 180 Å². The second kappa shape index (κ2) is 10.2. The fraction of sp³-hybridized carbons (Fsp3) is 0.318. The number of allylic oxidation sites excluding steroid dienone is 1. The first-order valence-corrected chi connectivity index (χ1v) is 10.5. The van der Waals surface area contributed by atoms with Crippen LogP contribution in [-0.2, 0) is 34.4 Å². The zero-order chi connectivity index (χ0) is 21.5. The maximum atomic E-state index is 11.9. The molecule has 0 saturated carbocycles. The van der Waals surface area contributed by atoms with Crippen LogP contribution in [0.25, 0.3) is 12.2 Å². The van der Waals surface area contributed by atoms with Crippen molar-refractivity contribution < 1.29 is 19.1 Å². The van der Waals surface area contributed by atoms with Crippen molar-refractivity contribution in [1.29, 1.82) is 0 Å². The molecule has 2 aromatic rings. The van der Waals surface area contributed by atoms with E-state index in [4.69, 9.17) is 9.47 Å². The lowest BCUT2D eigenvalue weighted by molar-refractivity contribution is -0.120. The minimum atomic E-state index is -0.444. The van der Waals surface area contributed by atoms with Crippen LogP contribution in [0.5, 0.6) is 5.75 Å². The lowest BCUT2D eigenvalue weighted by Gasteiger charge is -2.12. The van der Waals surface area contributed by atoms with Gasteiger partial charge in [0.2, 0.25) is 5.91 Å². The molecule has 0 saturated heterocycles. The molecule has 3 rings (SSSR count). The molecule has 1 heterocycles. The van der Waals surface area contributed by atoms with Crippen LogP contribution in [-0.4, -0.2) is 40.5 Å². The number of benzene rings is 1. The fourth-order valence-corrected chi connectivity index (χ4v) is 3.82. The van der Waals surface area contributed by atoms with Crippen LogP contribution < -0.4 is 10.1 Å². The van der Waals surface area contributed by atoms with E-state index in [9.17, 15) is 9.59 Å². The number of nitrogens with one attached hydrogen (secondary N) is 1. The lowest BCUT2D eigenvalue weighted by atomic mass is 10.1. The molecule has 30 heavy (non-hydrogen) atoms. The Balaban J connectivity index is 1.65. The third kappa shape index (κ3) is 5.13. The summed E-state index contributed by atoms with van der Waals surface area (Å²) >= 11 is 0.979. The quantitative estimate of drug-likeness (QED) is 0.620. The molecule has 1 atom stereocenters. The van der Waals surface area contributed by atoms with Gasteiger partial charge in [-0.05, 0) is 30.2 Å². The predicted molar refractivity (Wildman–Crippen MR) is 119 cm³/mol. The van der Waals surface area contributed by atoms with Gasteiger partial charge in [-0.2, -0.15) is 0 Å². The summed E-state index contributed by atoms with van der Waals surface area (Å²) in [5, 5.41) is 2.14. The Hall–Kier alpha value is -3.00. The highest BCUT2D eigenvalue weighted by atomic mass is 32.2. The van der Waals surface area contributed by atoms with Gasteiger partial charge in [0, 0.05) is 26.6 Å². The van der Waals surface area contributed by atoms with Gasteiger partial charge in [-0.25, -0.2) is 4.98 Å². The third-order valence-electron chi connectivity index (χ3n) is 4.89. The second-order valence-electron chi connectivity index (χ2n) is 6.75. The Bertz CT molecular complexity index is 964. The average molecular weight is 428 g/mol. The molecule has 8 heteroatoms. The number of nitrogens with zero attached hydrogens (tertiary/aromatic N) is 2. The molecule has 158 valence electrons. The second-order valence-corrected chi connectivity index (χ2v) is 7.78. The lowest BCUT2D eigenvalue weighted by Crippen LogP contribution is -2.31. The fourth-order valence-electron chi connectivity index (χ4n) is 3.16. The number of hydrogen-bond acceptors (Lipinski definition) is 6. The summed E-state index contributed by atoms with van der Waals surface area (Å²) < 4.78 is 13.3. The molecule has 0 bridgehead atoms. The monoisotopic (exact) mass is 427 g/mol. The van der Waals surface area contributed by atoms with Gasteiger partial charge in [0.15, 0.2) is 5.62 Å². The number of rotatable bonds is 9. The molecule has 1 aromatic carbocycles. The molecular weight excluding hydrogens is 402 g/mol. The number of hydrogen-bond donors (Lipinski definition) is 1. The van der Waals surface area contributed by atoms with E-state index in [1.54, 1.807) is 14.2 Å². The van der Waals surface area contributed by atoms with Crippen LogP contribution in [0.4, 0.5) is 0 Å². The van der Waals surface area contributed by atoms with Crippen molar-refractivity contribution in [2.24, 2.45) is 7.05 Å². The van der Waals surface area contributed by atoms with Crippen molar-refractivity contribution in [3.8, 4) is 5.75 Å². The average Bonchev–Trinajstić information content (AvgIpc) is 2.92. The van der Waals surface area contributed by atoms with E-state index < -0.39 is 5.25 Å². The van der Waals surface area contributed by atoms with Crippen LogP contribution in [0, 0.1) is 0 Å². The SMILES string of the molecule is CNC(=O)C(Cc1ccc(OCc2nc3c(n2C)C=C(OC)CC=C3)cc1)SC=O. The van der Waals surface area contributed by atoms with E-state index in [0.29, 0.717) is 24.4 Å². The molecule has 1 aliphatic rings. The van der Waals surface area contributed by atoms with Gasteiger partial charge in [-0.1, -0.05) is 30.0 Å². The van der Waals surface area contributed by atoms with E-state index in [-0.39, 0.29) is 5.91 Å². The van der Waals surface area contributed by atoms with Crippen LogP contribution >= 0.6 is 11.8 Å². The minimum absolute atomic E-state index is 0.165. The van der Waals surface area contributed by atoms with E-state index in [2.05, 4.69) is 10.3 Å². The smallest absolute Gasteiger partial charge is 0.233 e. The first-order valence-electron chi connectivity index (χ1n) is 9.54. The number of aromatic nitrogens is 2. The number of imidazole rings is 1. The molecule has 0 spiro atoms. The summed E-state index contributed by atoms with van der Waals surface area (Å²) in [5.41, 5.74) is 3.54. The molecule has 0 aliphatic heterocycles. The van der Waals surface area contributed by atoms with Crippen molar-refractivity contribution in [1.82, 2.24) is 14.9 Å². The summed E-state index contributed by atoms with van der Waals surface area (Å²) in [4.78, 5) is 27.3. The van der Waals surface area contributed by atoms with Crippen molar-refractivity contribution >= 4 is 35.4 Å². The topological polar surface area (TPSA) is 82.4 Å². The number of thioether (sulfide) groups is 1. The first kappa shape index (κ1) is 21.7. The number of carbonyl (C=O) groups is 2. The summed E-state index contributed by atoms with van der Waals surface area (Å²) in [5.74, 6) is 2.24. The van der Waals surface area contributed by atoms with Gasteiger partial charge in [0.05, 0.1) is 23.7 Å². The predicted octanol–water partition coefficient (Wildman–Crippen LogP) is 2.98. The van der Waals surface area contributed by atoms with Gasteiger partial charge >= 0.3 is 0 Å².